The van der Waals surface area contributed by atoms with Crippen molar-refractivity contribution >= 4 is 12.0 Å². The van der Waals surface area contributed by atoms with E-state index in [-0.39, 0.29) is 6.03 Å². The van der Waals surface area contributed by atoms with Crippen LogP contribution in [0.4, 0.5) is 4.79 Å². The van der Waals surface area contributed by atoms with Crippen molar-refractivity contribution in [2.45, 2.75) is 58.5 Å². The first-order valence-electron chi connectivity index (χ1n) is 7.09. The summed E-state index contributed by atoms with van der Waals surface area (Å²) in [6, 6.07) is -0.729. The Labute approximate surface area is 114 Å². The third kappa shape index (κ3) is 3.85. The molecule has 0 aromatic heterocycles. The molecule has 19 heavy (non-hydrogen) atoms. The second kappa shape index (κ2) is 5.02. The predicted molar refractivity (Wildman–Crippen MR) is 71.9 cm³/mol. The maximum atomic E-state index is 12.3. The molecule has 5 heteroatoms. The topological polar surface area (TPSA) is 69.6 Å². The molecule has 2 rings (SSSR count). The van der Waals surface area contributed by atoms with E-state index in [1.807, 2.05) is 25.7 Å². The van der Waals surface area contributed by atoms with Crippen LogP contribution >= 0.6 is 0 Å². The van der Waals surface area contributed by atoms with Crippen molar-refractivity contribution in [3.63, 3.8) is 0 Å². The summed E-state index contributed by atoms with van der Waals surface area (Å²) in [4.78, 5) is 25.4. The van der Waals surface area contributed by atoms with Crippen LogP contribution in [0.25, 0.3) is 0 Å². The number of nitrogens with one attached hydrogen (secondary N) is 1. The van der Waals surface area contributed by atoms with Crippen LogP contribution in [0.3, 0.4) is 0 Å². The monoisotopic (exact) mass is 268 g/mol. The normalized spacial score (nSPS) is 20.8. The van der Waals surface area contributed by atoms with Crippen LogP contribution in [0.2, 0.25) is 0 Å². The van der Waals surface area contributed by atoms with E-state index in [1.165, 1.54) is 12.8 Å². The lowest BCUT2D eigenvalue weighted by molar-refractivity contribution is -0.142. The summed E-state index contributed by atoms with van der Waals surface area (Å²) in [7, 11) is 0. The molecule has 2 fully saturated rings. The summed E-state index contributed by atoms with van der Waals surface area (Å²) < 4.78 is 0. The second-order valence-electron chi connectivity index (χ2n) is 6.91. The minimum absolute atomic E-state index is 0.211. The van der Waals surface area contributed by atoms with Crippen molar-refractivity contribution in [1.29, 1.82) is 0 Å². The minimum Gasteiger partial charge on any atom is -0.480 e. The highest BCUT2D eigenvalue weighted by Gasteiger charge is 2.39. The number of amides is 2. The van der Waals surface area contributed by atoms with E-state index in [1.54, 1.807) is 0 Å². The van der Waals surface area contributed by atoms with Crippen LogP contribution in [-0.2, 0) is 4.79 Å². The molecule has 0 aliphatic heterocycles. The Morgan fingerprint density at radius 1 is 1.26 bits per heavy atom. The van der Waals surface area contributed by atoms with Crippen molar-refractivity contribution in [2.24, 2.45) is 11.3 Å². The number of carboxylic acids is 1. The number of aliphatic carboxylic acids is 1. The fourth-order valence-corrected chi connectivity index (χ4v) is 2.22. The van der Waals surface area contributed by atoms with Crippen LogP contribution in [0, 0.1) is 11.3 Å². The summed E-state index contributed by atoms with van der Waals surface area (Å²) >= 11 is 0. The van der Waals surface area contributed by atoms with Gasteiger partial charge in [0.05, 0.1) is 0 Å². The van der Waals surface area contributed by atoms with Crippen LogP contribution in [0.15, 0.2) is 0 Å². The molecule has 108 valence electrons. The Hall–Kier alpha value is -1.26. The lowest BCUT2D eigenvalue weighted by atomic mass is 9.87. The SMILES string of the molecule is CC(C)(C)[C@H](NC(=O)N(CC1CC1)C1CC1)C(=O)O. The molecular formula is C14H24N2O3. The van der Waals surface area contributed by atoms with Gasteiger partial charge in [-0.05, 0) is 37.0 Å². The van der Waals surface area contributed by atoms with Gasteiger partial charge in [-0.1, -0.05) is 20.8 Å². The largest absolute Gasteiger partial charge is 0.480 e. The molecule has 2 saturated carbocycles. The van der Waals surface area contributed by atoms with Gasteiger partial charge in [0.2, 0.25) is 0 Å². The molecular weight excluding hydrogens is 244 g/mol. The zero-order valence-corrected chi connectivity index (χ0v) is 12.0. The molecule has 5 nitrogen and oxygen atoms in total. The first kappa shape index (κ1) is 14.2. The number of urea groups is 1. The summed E-state index contributed by atoms with van der Waals surface area (Å²) in [6.07, 6.45) is 4.48. The zero-order valence-electron chi connectivity index (χ0n) is 12.0. The molecule has 0 spiro atoms. The Morgan fingerprint density at radius 3 is 2.21 bits per heavy atom. The minimum atomic E-state index is -0.969. The first-order valence-corrected chi connectivity index (χ1v) is 7.09. The predicted octanol–water partition coefficient (Wildman–Crippen LogP) is 2.07. The molecule has 0 heterocycles. The summed E-state index contributed by atoms with van der Waals surface area (Å²) in [5.74, 6) is -0.340. The third-order valence-corrected chi connectivity index (χ3v) is 3.78. The molecule has 0 aromatic carbocycles. The van der Waals surface area contributed by atoms with Crippen molar-refractivity contribution in [2.75, 3.05) is 6.54 Å². The summed E-state index contributed by atoms with van der Waals surface area (Å²) in [5, 5.41) is 12.0. The van der Waals surface area contributed by atoms with Crippen LogP contribution < -0.4 is 5.32 Å². The van der Waals surface area contributed by atoms with Crippen molar-refractivity contribution in [3.8, 4) is 0 Å². The first-order chi connectivity index (χ1) is 8.79. The number of nitrogens with zero attached hydrogens (tertiary/aromatic N) is 1. The molecule has 2 N–H and O–H groups in total. The maximum absolute atomic E-state index is 12.3. The molecule has 2 aliphatic carbocycles. The van der Waals surface area contributed by atoms with E-state index in [9.17, 15) is 14.7 Å². The van der Waals surface area contributed by atoms with E-state index >= 15 is 0 Å². The molecule has 0 bridgehead atoms. The number of carbonyl (C=O) groups excluding carboxylic acids is 1. The number of hydrogen-bond acceptors (Lipinski definition) is 2. The van der Waals surface area contributed by atoms with Crippen LogP contribution in [0.5, 0.6) is 0 Å². The van der Waals surface area contributed by atoms with Crippen molar-refractivity contribution < 1.29 is 14.7 Å². The maximum Gasteiger partial charge on any atom is 0.326 e. The van der Waals surface area contributed by atoms with Crippen molar-refractivity contribution in [1.82, 2.24) is 10.2 Å². The number of carbonyl (C=O) groups is 2. The fraction of sp³-hybridized carbons (Fsp3) is 0.857. The molecule has 0 radical (unpaired) electrons. The van der Waals surface area contributed by atoms with Gasteiger partial charge >= 0.3 is 12.0 Å². The van der Waals surface area contributed by atoms with E-state index in [2.05, 4.69) is 5.32 Å². The molecule has 1 atom stereocenters. The van der Waals surface area contributed by atoms with Gasteiger partial charge in [-0.3, -0.25) is 0 Å². The van der Waals surface area contributed by atoms with Gasteiger partial charge in [0, 0.05) is 12.6 Å². The van der Waals surface area contributed by atoms with Gasteiger partial charge in [-0.25, -0.2) is 9.59 Å². The number of carboxylic acid groups (broad SMARTS) is 1. The number of rotatable bonds is 5. The Balaban J connectivity index is 1.97. The fourth-order valence-electron chi connectivity index (χ4n) is 2.22. The second-order valence-corrected chi connectivity index (χ2v) is 6.91. The van der Waals surface area contributed by atoms with E-state index < -0.39 is 17.4 Å². The molecule has 0 saturated heterocycles. The smallest absolute Gasteiger partial charge is 0.326 e. The quantitative estimate of drug-likeness (QED) is 0.802. The van der Waals surface area contributed by atoms with E-state index in [4.69, 9.17) is 0 Å². The van der Waals surface area contributed by atoms with Gasteiger partial charge in [-0.15, -0.1) is 0 Å². The molecule has 2 amide bonds. The van der Waals surface area contributed by atoms with Crippen molar-refractivity contribution in [3.05, 3.63) is 0 Å². The third-order valence-electron chi connectivity index (χ3n) is 3.78. The summed E-state index contributed by atoms with van der Waals surface area (Å²) in [5.41, 5.74) is -0.490. The Bertz CT molecular complexity index is 367. The highest BCUT2D eigenvalue weighted by Crippen LogP contribution is 2.35. The van der Waals surface area contributed by atoms with E-state index in [0.29, 0.717) is 12.0 Å². The highest BCUT2D eigenvalue weighted by molar-refractivity contribution is 5.83. The average molecular weight is 268 g/mol. The molecule has 0 aromatic rings. The van der Waals surface area contributed by atoms with E-state index in [0.717, 1.165) is 19.4 Å². The molecule has 2 aliphatic rings. The van der Waals surface area contributed by atoms with Gasteiger partial charge in [0.25, 0.3) is 0 Å². The van der Waals surface area contributed by atoms with Crippen LogP contribution in [0.1, 0.15) is 46.5 Å². The number of hydrogen-bond donors (Lipinski definition) is 2. The Morgan fingerprint density at radius 2 is 1.84 bits per heavy atom. The lowest BCUT2D eigenvalue weighted by Crippen LogP contribution is -2.54. The zero-order chi connectivity index (χ0) is 14.2. The van der Waals surface area contributed by atoms with Gasteiger partial charge in [-0.2, -0.15) is 0 Å². The average Bonchev–Trinajstić information content (AvgIpc) is 3.12. The Kier molecular flexibility index (Phi) is 3.74. The summed E-state index contributed by atoms with van der Waals surface area (Å²) in [6.45, 7) is 6.27. The highest BCUT2D eigenvalue weighted by atomic mass is 16.4. The van der Waals surface area contributed by atoms with Gasteiger partial charge in [0.1, 0.15) is 6.04 Å². The van der Waals surface area contributed by atoms with Gasteiger partial charge in [0.15, 0.2) is 0 Å². The van der Waals surface area contributed by atoms with Gasteiger partial charge < -0.3 is 15.3 Å². The standard InChI is InChI=1S/C14H24N2O3/c1-14(2,3)11(12(17)18)15-13(19)16(10-6-7-10)8-9-4-5-9/h9-11H,4-8H2,1-3H3,(H,15,19)(H,17,18)/t11-/m1/s1. The molecule has 0 unspecified atom stereocenters. The lowest BCUT2D eigenvalue weighted by Gasteiger charge is -2.31. The van der Waals surface area contributed by atoms with Crippen LogP contribution in [-0.4, -0.2) is 40.6 Å².